The predicted octanol–water partition coefficient (Wildman–Crippen LogP) is 1.82. The lowest BCUT2D eigenvalue weighted by atomic mass is 10.2. The van der Waals surface area contributed by atoms with E-state index in [1.165, 1.54) is 0 Å². The third-order valence-corrected chi connectivity index (χ3v) is 3.13. The van der Waals surface area contributed by atoms with Gasteiger partial charge in [0.25, 0.3) is 0 Å². The highest BCUT2D eigenvalue weighted by molar-refractivity contribution is 5.76. The molecule has 0 atom stereocenters. The number of hydrogen-bond acceptors (Lipinski definition) is 2. The van der Waals surface area contributed by atoms with E-state index in [1.807, 2.05) is 13.8 Å². The summed E-state index contributed by atoms with van der Waals surface area (Å²) in [5, 5.41) is 11.6. The highest BCUT2D eigenvalue weighted by Gasteiger charge is 2.33. The average Bonchev–Trinajstić information content (AvgIpc) is 3.10. The third kappa shape index (κ3) is 4.63. The first-order valence-corrected chi connectivity index (χ1v) is 6.37. The Bertz CT molecular complexity index is 273. The van der Waals surface area contributed by atoms with Gasteiger partial charge in [-0.15, -0.1) is 0 Å². The molecular weight excluding hydrogens is 220 g/mol. The van der Waals surface area contributed by atoms with Crippen LogP contribution in [0.15, 0.2) is 0 Å². The second-order valence-electron chi connectivity index (χ2n) is 4.53. The van der Waals surface area contributed by atoms with Crippen LogP contribution in [0.2, 0.25) is 0 Å². The van der Waals surface area contributed by atoms with E-state index < -0.39 is 5.97 Å². The highest BCUT2D eigenvalue weighted by Crippen LogP contribution is 2.27. The summed E-state index contributed by atoms with van der Waals surface area (Å²) in [6.07, 6.45) is 3.82. The normalized spacial score (nSPS) is 14.8. The summed E-state index contributed by atoms with van der Waals surface area (Å²) < 4.78 is 0. The molecule has 0 saturated heterocycles. The molecule has 5 heteroatoms. The van der Waals surface area contributed by atoms with Gasteiger partial charge < -0.3 is 15.3 Å². The molecule has 1 rings (SSSR count). The van der Waals surface area contributed by atoms with E-state index >= 15 is 0 Å². The average molecular weight is 242 g/mol. The SMILES string of the molecule is CCC(CC)NC(=O)N(CCC(=O)O)C1CC1. The van der Waals surface area contributed by atoms with Gasteiger partial charge in [0.05, 0.1) is 6.42 Å². The van der Waals surface area contributed by atoms with Crippen LogP contribution in [0, 0.1) is 0 Å². The molecule has 0 aromatic heterocycles. The van der Waals surface area contributed by atoms with Crippen molar-refractivity contribution in [2.75, 3.05) is 6.54 Å². The Kier molecular flexibility index (Phi) is 5.25. The lowest BCUT2D eigenvalue weighted by Crippen LogP contribution is -2.46. The summed E-state index contributed by atoms with van der Waals surface area (Å²) in [6.45, 7) is 4.38. The van der Waals surface area contributed by atoms with Gasteiger partial charge in [-0.3, -0.25) is 4.79 Å². The van der Waals surface area contributed by atoms with Crippen LogP contribution in [0.3, 0.4) is 0 Å². The molecule has 5 nitrogen and oxygen atoms in total. The van der Waals surface area contributed by atoms with Crippen LogP contribution < -0.4 is 5.32 Å². The van der Waals surface area contributed by atoms with Gasteiger partial charge in [-0.1, -0.05) is 13.8 Å². The second kappa shape index (κ2) is 6.47. The molecule has 0 bridgehead atoms. The number of nitrogens with zero attached hydrogens (tertiary/aromatic N) is 1. The molecule has 1 saturated carbocycles. The molecule has 2 amide bonds. The van der Waals surface area contributed by atoms with Crippen LogP contribution in [0.25, 0.3) is 0 Å². The molecule has 0 aromatic carbocycles. The molecule has 1 aliphatic rings. The fourth-order valence-electron chi connectivity index (χ4n) is 1.80. The maximum absolute atomic E-state index is 12.0. The molecule has 1 fully saturated rings. The van der Waals surface area contributed by atoms with Crippen molar-refractivity contribution < 1.29 is 14.7 Å². The first kappa shape index (κ1) is 13.8. The number of aliphatic carboxylic acids is 1. The van der Waals surface area contributed by atoms with Crippen molar-refractivity contribution >= 4 is 12.0 Å². The number of carboxylic acid groups (broad SMARTS) is 1. The Morgan fingerprint density at radius 2 is 1.94 bits per heavy atom. The standard InChI is InChI=1S/C12H22N2O3/c1-3-9(4-2)13-12(17)14(10-5-6-10)8-7-11(15)16/h9-10H,3-8H2,1-2H3,(H,13,17)(H,15,16). The van der Waals surface area contributed by atoms with Crippen LogP contribution in [-0.2, 0) is 4.79 Å². The van der Waals surface area contributed by atoms with Crippen molar-refractivity contribution in [3.8, 4) is 0 Å². The number of amides is 2. The molecule has 0 spiro atoms. The molecule has 98 valence electrons. The maximum atomic E-state index is 12.0. The van der Waals surface area contributed by atoms with E-state index in [1.54, 1.807) is 4.90 Å². The largest absolute Gasteiger partial charge is 0.481 e. The zero-order chi connectivity index (χ0) is 12.8. The number of nitrogens with one attached hydrogen (secondary N) is 1. The molecule has 0 aromatic rings. The van der Waals surface area contributed by atoms with E-state index in [0.29, 0.717) is 6.54 Å². The van der Waals surface area contributed by atoms with E-state index in [2.05, 4.69) is 5.32 Å². The first-order valence-electron chi connectivity index (χ1n) is 6.37. The number of urea groups is 1. The Balaban J connectivity index is 2.45. The third-order valence-electron chi connectivity index (χ3n) is 3.13. The lowest BCUT2D eigenvalue weighted by molar-refractivity contribution is -0.137. The summed E-state index contributed by atoms with van der Waals surface area (Å²) in [6, 6.07) is 0.333. The van der Waals surface area contributed by atoms with Crippen LogP contribution in [0.4, 0.5) is 4.79 Å². The van der Waals surface area contributed by atoms with Gasteiger partial charge in [-0.2, -0.15) is 0 Å². The summed E-state index contributed by atoms with van der Waals surface area (Å²) in [4.78, 5) is 24.2. The number of carbonyl (C=O) groups is 2. The number of carboxylic acids is 1. The Hall–Kier alpha value is -1.26. The van der Waals surface area contributed by atoms with Crippen LogP contribution in [0.5, 0.6) is 0 Å². The van der Waals surface area contributed by atoms with Gasteiger partial charge in [-0.25, -0.2) is 4.79 Å². The first-order chi connectivity index (χ1) is 8.08. The summed E-state index contributed by atoms with van der Waals surface area (Å²) in [5.41, 5.74) is 0. The van der Waals surface area contributed by atoms with Gasteiger partial charge >= 0.3 is 12.0 Å². The monoisotopic (exact) mass is 242 g/mol. The van der Waals surface area contributed by atoms with Gasteiger partial charge in [0.1, 0.15) is 0 Å². The van der Waals surface area contributed by atoms with Crippen LogP contribution in [-0.4, -0.2) is 40.6 Å². The van der Waals surface area contributed by atoms with Crippen LogP contribution >= 0.6 is 0 Å². The molecule has 2 N–H and O–H groups in total. The van der Waals surface area contributed by atoms with Crippen molar-refractivity contribution in [3.05, 3.63) is 0 Å². The number of carbonyl (C=O) groups excluding carboxylic acids is 1. The van der Waals surface area contributed by atoms with E-state index in [0.717, 1.165) is 25.7 Å². The van der Waals surface area contributed by atoms with Crippen molar-refractivity contribution in [3.63, 3.8) is 0 Å². The summed E-state index contributed by atoms with van der Waals surface area (Å²) >= 11 is 0. The predicted molar refractivity (Wildman–Crippen MR) is 64.9 cm³/mol. The Labute approximate surface area is 102 Å². The Morgan fingerprint density at radius 1 is 1.35 bits per heavy atom. The smallest absolute Gasteiger partial charge is 0.317 e. The topological polar surface area (TPSA) is 69.6 Å². The number of rotatable bonds is 7. The van der Waals surface area contributed by atoms with Crippen LogP contribution in [0.1, 0.15) is 46.0 Å². The molecular formula is C12H22N2O3. The summed E-state index contributed by atoms with van der Waals surface area (Å²) in [5.74, 6) is -0.856. The van der Waals surface area contributed by atoms with Crippen molar-refractivity contribution in [1.82, 2.24) is 10.2 Å². The molecule has 0 radical (unpaired) electrons. The molecule has 0 aliphatic heterocycles. The molecule has 17 heavy (non-hydrogen) atoms. The van der Waals surface area contributed by atoms with Gasteiger partial charge in [-0.05, 0) is 25.7 Å². The lowest BCUT2D eigenvalue weighted by Gasteiger charge is -2.25. The molecule has 1 aliphatic carbocycles. The maximum Gasteiger partial charge on any atom is 0.317 e. The summed E-state index contributed by atoms with van der Waals surface area (Å²) in [7, 11) is 0. The zero-order valence-electron chi connectivity index (χ0n) is 10.6. The van der Waals surface area contributed by atoms with E-state index in [4.69, 9.17) is 5.11 Å². The molecule has 0 heterocycles. The van der Waals surface area contributed by atoms with E-state index in [9.17, 15) is 9.59 Å². The van der Waals surface area contributed by atoms with Gasteiger partial charge in [0.2, 0.25) is 0 Å². The quantitative estimate of drug-likeness (QED) is 0.715. The Morgan fingerprint density at radius 3 is 2.35 bits per heavy atom. The van der Waals surface area contributed by atoms with Crippen molar-refractivity contribution in [2.45, 2.75) is 58.0 Å². The minimum absolute atomic E-state index is 0.0207. The van der Waals surface area contributed by atoms with E-state index in [-0.39, 0.29) is 24.5 Å². The fourth-order valence-corrected chi connectivity index (χ4v) is 1.80. The highest BCUT2D eigenvalue weighted by atomic mass is 16.4. The molecule has 0 unspecified atom stereocenters. The van der Waals surface area contributed by atoms with Crippen molar-refractivity contribution in [1.29, 1.82) is 0 Å². The van der Waals surface area contributed by atoms with Gasteiger partial charge in [0, 0.05) is 18.6 Å². The van der Waals surface area contributed by atoms with Gasteiger partial charge in [0.15, 0.2) is 0 Å². The minimum Gasteiger partial charge on any atom is -0.481 e. The zero-order valence-corrected chi connectivity index (χ0v) is 10.6. The fraction of sp³-hybridized carbons (Fsp3) is 0.833. The second-order valence-corrected chi connectivity index (χ2v) is 4.53. The number of hydrogen-bond donors (Lipinski definition) is 2. The van der Waals surface area contributed by atoms with Crippen molar-refractivity contribution in [2.24, 2.45) is 0 Å². The minimum atomic E-state index is -0.856.